The lowest BCUT2D eigenvalue weighted by Gasteiger charge is -2.34. The number of rotatable bonds is 6. The van der Waals surface area contributed by atoms with Gasteiger partial charge in [-0.25, -0.2) is 4.98 Å². The number of aromatic nitrogens is 1. The van der Waals surface area contributed by atoms with E-state index in [1.165, 1.54) is 11.1 Å². The molecule has 1 saturated heterocycles. The second kappa shape index (κ2) is 8.56. The Morgan fingerprint density at radius 3 is 2.56 bits per heavy atom. The summed E-state index contributed by atoms with van der Waals surface area (Å²) in [6, 6.07) is 8.66. The summed E-state index contributed by atoms with van der Waals surface area (Å²) >= 11 is 1.70. The van der Waals surface area contributed by atoms with Crippen molar-refractivity contribution in [2.24, 2.45) is 0 Å². The van der Waals surface area contributed by atoms with E-state index < -0.39 is 0 Å². The molecule has 0 bridgehead atoms. The lowest BCUT2D eigenvalue weighted by Crippen LogP contribution is -2.49. The summed E-state index contributed by atoms with van der Waals surface area (Å²) in [7, 11) is 1.56. The molecular weight excluding hydrogens is 334 g/mol. The summed E-state index contributed by atoms with van der Waals surface area (Å²) in [4.78, 5) is 20.9. The van der Waals surface area contributed by atoms with Crippen molar-refractivity contribution in [2.45, 2.75) is 19.9 Å². The number of methoxy groups -OCH3 is 1. The third-order valence-electron chi connectivity index (χ3n) is 4.54. The molecule has 0 saturated carbocycles. The second-order valence-corrected chi connectivity index (χ2v) is 7.14. The molecular formula is C19H25N3O2S. The van der Waals surface area contributed by atoms with Crippen molar-refractivity contribution < 1.29 is 9.53 Å². The van der Waals surface area contributed by atoms with E-state index in [-0.39, 0.29) is 12.5 Å². The Balaban J connectivity index is 1.54. The Morgan fingerprint density at radius 2 is 1.92 bits per heavy atom. The summed E-state index contributed by atoms with van der Waals surface area (Å²) < 4.78 is 4.93. The first-order valence-corrected chi connectivity index (χ1v) is 9.60. The van der Waals surface area contributed by atoms with Gasteiger partial charge in [0.05, 0.1) is 5.69 Å². The Kier molecular flexibility index (Phi) is 6.18. The molecule has 25 heavy (non-hydrogen) atoms. The Hall–Kier alpha value is -1.76. The van der Waals surface area contributed by atoms with Gasteiger partial charge >= 0.3 is 0 Å². The summed E-state index contributed by atoms with van der Waals surface area (Å²) in [6.07, 6.45) is 1.06. The van der Waals surface area contributed by atoms with Crippen molar-refractivity contribution in [1.29, 1.82) is 0 Å². The molecule has 2 heterocycles. The predicted octanol–water partition coefficient (Wildman–Crippen LogP) is 2.66. The van der Waals surface area contributed by atoms with E-state index in [2.05, 4.69) is 41.5 Å². The number of carbonyl (C=O) groups is 1. The maximum atomic E-state index is 11.8. The van der Waals surface area contributed by atoms with Gasteiger partial charge < -0.3 is 9.64 Å². The number of nitrogens with zero attached hydrogens (tertiary/aromatic N) is 3. The van der Waals surface area contributed by atoms with Gasteiger partial charge in [-0.15, -0.1) is 11.3 Å². The molecule has 134 valence electrons. The van der Waals surface area contributed by atoms with Crippen molar-refractivity contribution >= 4 is 17.2 Å². The lowest BCUT2D eigenvalue weighted by atomic mass is 10.1. The van der Waals surface area contributed by atoms with Crippen molar-refractivity contribution in [1.82, 2.24) is 14.8 Å². The van der Waals surface area contributed by atoms with Gasteiger partial charge in [0.15, 0.2) is 0 Å². The first-order valence-electron chi connectivity index (χ1n) is 8.72. The molecule has 1 aliphatic rings. The first kappa shape index (κ1) is 18.0. The number of thiazole rings is 1. The van der Waals surface area contributed by atoms with E-state index in [0.717, 1.165) is 49.8 Å². The van der Waals surface area contributed by atoms with Crippen LogP contribution in [0, 0.1) is 0 Å². The Bertz CT molecular complexity index is 691. The number of hydrogen-bond donors (Lipinski definition) is 0. The third kappa shape index (κ3) is 4.66. The highest BCUT2D eigenvalue weighted by Gasteiger charge is 2.21. The minimum atomic E-state index is 0.0774. The highest BCUT2D eigenvalue weighted by atomic mass is 32.1. The van der Waals surface area contributed by atoms with Crippen LogP contribution in [0.3, 0.4) is 0 Å². The van der Waals surface area contributed by atoms with E-state index in [1.54, 1.807) is 18.4 Å². The van der Waals surface area contributed by atoms with Gasteiger partial charge in [-0.2, -0.15) is 0 Å². The molecule has 1 fully saturated rings. The van der Waals surface area contributed by atoms with Gasteiger partial charge in [0.25, 0.3) is 0 Å². The molecule has 1 aromatic carbocycles. The van der Waals surface area contributed by atoms with Crippen LogP contribution in [0.5, 0.6) is 0 Å². The van der Waals surface area contributed by atoms with Crippen LogP contribution in [-0.4, -0.2) is 60.6 Å². The number of carbonyl (C=O) groups excluding carboxylic acids is 1. The topological polar surface area (TPSA) is 45.7 Å². The number of piperazine rings is 1. The maximum absolute atomic E-state index is 11.8. The monoisotopic (exact) mass is 359 g/mol. The van der Waals surface area contributed by atoms with E-state index in [0.29, 0.717) is 0 Å². The summed E-state index contributed by atoms with van der Waals surface area (Å²) in [5.41, 5.74) is 3.64. The minimum absolute atomic E-state index is 0.0774. The van der Waals surface area contributed by atoms with Crippen molar-refractivity contribution in [3.63, 3.8) is 0 Å². The average molecular weight is 359 g/mol. The SMILES string of the molecule is CCc1ccc(-c2nc(CN3CCN(C(=O)COC)CC3)cs2)cc1. The zero-order chi connectivity index (χ0) is 17.6. The molecule has 0 radical (unpaired) electrons. The second-order valence-electron chi connectivity index (χ2n) is 6.28. The van der Waals surface area contributed by atoms with Crippen LogP contribution in [-0.2, 0) is 22.5 Å². The van der Waals surface area contributed by atoms with E-state index in [9.17, 15) is 4.79 Å². The van der Waals surface area contributed by atoms with Crippen LogP contribution in [0.1, 0.15) is 18.2 Å². The zero-order valence-electron chi connectivity index (χ0n) is 14.9. The smallest absolute Gasteiger partial charge is 0.248 e. The molecule has 5 nitrogen and oxygen atoms in total. The van der Waals surface area contributed by atoms with E-state index >= 15 is 0 Å². The molecule has 3 rings (SSSR count). The van der Waals surface area contributed by atoms with Crippen molar-refractivity contribution in [3.05, 3.63) is 40.9 Å². The van der Waals surface area contributed by atoms with Crippen LogP contribution < -0.4 is 0 Å². The van der Waals surface area contributed by atoms with Crippen LogP contribution in [0.15, 0.2) is 29.6 Å². The minimum Gasteiger partial charge on any atom is -0.375 e. The molecule has 1 amide bonds. The molecule has 1 aromatic heterocycles. The van der Waals surface area contributed by atoms with E-state index in [4.69, 9.17) is 9.72 Å². The van der Waals surface area contributed by atoms with Crippen LogP contribution in [0.4, 0.5) is 0 Å². The largest absolute Gasteiger partial charge is 0.375 e. The van der Waals surface area contributed by atoms with Crippen molar-refractivity contribution in [3.8, 4) is 10.6 Å². The summed E-state index contributed by atoms with van der Waals surface area (Å²) in [6.45, 7) is 6.47. The summed E-state index contributed by atoms with van der Waals surface area (Å²) in [5.74, 6) is 0.0774. The fourth-order valence-electron chi connectivity index (χ4n) is 2.99. The molecule has 6 heteroatoms. The summed E-state index contributed by atoms with van der Waals surface area (Å²) in [5, 5.41) is 3.22. The third-order valence-corrected chi connectivity index (χ3v) is 5.48. The zero-order valence-corrected chi connectivity index (χ0v) is 15.7. The number of hydrogen-bond acceptors (Lipinski definition) is 5. The highest BCUT2D eigenvalue weighted by Crippen LogP contribution is 2.25. The van der Waals surface area contributed by atoms with Crippen LogP contribution in [0.2, 0.25) is 0 Å². The van der Waals surface area contributed by atoms with Crippen molar-refractivity contribution in [2.75, 3.05) is 39.9 Å². The fraction of sp³-hybridized carbons (Fsp3) is 0.474. The quantitative estimate of drug-likeness (QED) is 0.795. The molecule has 0 N–H and O–H groups in total. The maximum Gasteiger partial charge on any atom is 0.248 e. The first-order chi connectivity index (χ1) is 12.2. The normalized spacial score (nSPS) is 15.5. The molecule has 0 atom stereocenters. The molecule has 2 aromatic rings. The number of benzene rings is 1. The van der Waals surface area contributed by atoms with Gasteiger partial charge in [0.1, 0.15) is 11.6 Å². The number of amides is 1. The van der Waals surface area contributed by atoms with Gasteiger partial charge in [0, 0.05) is 50.8 Å². The molecule has 0 spiro atoms. The molecule has 1 aliphatic heterocycles. The fourth-order valence-corrected chi connectivity index (χ4v) is 3.81. The van der Waals surface area contributed by atoms with Gasteiger partial charge in [-0.05, 0) is 12.0 Å². The Morgan fingerprint density at radius 1 is 1.20 bits per heavy atom. The standard InChI is InChI=1S/C19H25N3O2S/c1-3-15-4-6-16(7-5-15)19-20-17(14-25-19)12-21-8-10-22(11-9-21)18(23)13-24-2/h4-7,14H,3,8-13H2,1-2H3. The number of aryl methyl sites for hydroxylation is 1. The predicted molar refractivity (Wildman–Crippen MR) is 101 cm³/mol. The van der Waals surface area contributed by atoms with Crippen LogP contribution >= 0.6 is 11.3 Å². The van der Waals surface area contributed by atoms with Gasteiger partial charge in [-0.1, -0.05) is 31.2 Å². The van der Waals surface area contributed by atoms with Crippen LogP contribution in [0.25, 0.3) is 10.6 Å². The Labute approximate surface area is 153 Å². The molecule has 0 unspecified atom stereocenters. The lowest BCUT2D eigenvalue weighted by molar-refractivity contribution is -0.136. The molecule has 0 aliphatic carbocycles. The van der Waals surface area contributed by atoms with Gasteiger partial charge in [-0.3, -0.25) is 9.69 Å². The highest BCUT2D eigenvalue weighted by molar-refractivity contribution is 7.13. The number of ether oxygens (including phenoxy) is 1. The van der Waals surface area contributed by atoms with E-state index in [1.807, 2.05) is 4.90 Å². The average Bonchev–Trinajstić information content (AvgIpc) is 3.11. The van der Waals surface area contributed by atoms with Gasteiger partial charge in [0.2, 0.25) is 5.91 Å².